The van der Waals surface area contributed by atoms with Gasteiger partial charge in [-0.15, -0.1) is 6.58 Å². The van der Waals surface area contributed by atoms with E-state index < -0.39 is 0 Å². The number of nitrogens with zero attached hydrogens (tertiary/aromatic N) is 2. The van der Waals surface area contributed by atoms with Gasteiger partial charge < -0.3 is 9.80 Å². The zero-order valence-electron chi connectivity index (χ0n) is 16.7. The van der Waals surface area contributed by atoms with Crippen molar-refractivity contribution in [3.8, 4) is 0 Å². The maximum atomic E-state index is 4.32. The van der Waals surface area contributed by atoms with Gasteiger partial charge in [0.25, 0.3) is 0 Å². The van der Waals surface area contributed by atoms with Crippen LogP contribution in [0.4, 0.5) is 5.69 Å². The van der Waals surface area contributed by atoms with Crippen LogP contribution < -0.4 is 4.90 Å². The molecular weight excluding hydrogens is 304 g/mol. The predicted octanol–water partition coefficient (Wildman–Crippen LogP) is 5.84. The van der Waals surface area contributed by atoms with Gasteiger partial charge in [-0.25, -0.2) is 0 Å². The third-order valence-corrected chi connectivity index (χ3v) is 6.98. The Hall–Kier alpha value is -1.70. The Balaban J connectivity index is 2.22. The van der Waals surface area contributed by atoms with Gasteiger partial charge in [-0.3, -0.25) is 0 Å². The summed E-state index contributed by atoms with van der Waals surface area (Å²) in [5.74, 6) is 0. The number of hydrogen-bond donors (Lipinski definition) is 0. The summed E-state index contributed by atoms with van der Waals surface area (Å²) < 4.78 is 0. The SMILES string of the molecule is C=CC1(CC)c2ccc(CCCC)cc2N2C=CN(C)C2C1(C)CC. The second-order valence-corrected chi connectivity index (χ2v) is 8.00. The first kappa shape index (κ1) is 18.1. The van der Waals surface area contributed by atoms with E-state index in [1.165, 1.54) is 36.1 Å². The monoisotopic (exact) mass is 338 g/mol. The molecule has 2 heterocycles. The summed E-state index contributed by atoms with van der Waals surface area (Å²) in [7, 11) is 2.21. The lowest BCUT2D eigenvalue weighted by Gasteiger charge is -2.59. The Morgan fingerprint density at radius 2 is 1.92 bits per heavy atom. The minimum atomic E-state index is 0.00180. The molecule has 0 radical (unpaired) electrons. The third kappa shape index (κ3) is 2.37. The molecule has 3 atom stereocenters. The molecule has 0 bridgehead atoms. The van der Waals surface area contributed by atoms with Gasteiger partial charge in [0, 0.05) is 36.0 Å². The standard InChI is InChI=1S/C23H34N2/c1-7-11-12-18-13-14-19-20(17-18)25-16-15-24(6)21(25)22(5,8-2)23(19,9-3)10-4/h9,13-17,21H,3,7-8,10-12H2,1-2,4-6H3. The minimum absolute atomic E-state index is 0.00180. The van der Waals surface area contributed by atoms with E-state index in [-0.39, 0.29) is 10.8 Å². The molecule has 1 aromatic carbocycles. The maximum Gasteiger partial charge on any atom is 0.112 e. The molecule has 0 N–H and O–H groups in total. The number of allylic oxidation sites excluding steroid dienone is 1. The molecule has 2 aliphatic heterocycles. The summed E-state index contributed by atoms with van der Waals surface area (Å²) in [5, 5.41) is 0. The number of aryl methyl sites for hydroxylation is 1. The highest BCUT2D eigenvalue weighted by Gasteiger charge is 2.58. The van der Waals surface area contributed by atoms with Crippen LogP contribution in [0.3, 0.4) is 0 Å². The molecule has 2 aliphatic rings. The normalized spacial score (nSPS) is 30.4. The van der Waals surface area contributed by atoms with Crippen LogP contribution in [-0.2, 0) is 11.8 Å². The molecule has 2 heteroatoms. The number of rotatable bonds is 6. The average Bonchev–Trinajstić information content (AvgIpc) is 3.03. The Morgan fingerprint density at radius 3 is 2.52 bits per heavy atom. The second-order valence-electron chi connectivity index (χ2n) is 8.00. The first-order valence-corrected chi connectivity index (χ1v) is 9.94. The minimum Gasteiger partial charge on any atom is -0.358 e. The van der Waals surface area contributed by atoms with Crippen LogP contribution in [-0.4, -0.2) is 18.1 Å². The molecule has 0 aromatic heterocycles. The molecule has 0 aliphatic carbocycles. The van der Waals surface area contributed by atoms with Gasteiger partial charge in [0.1, 0.15) is 6.17 Å². The van der Waals surface area contributed by atoms with Crippen molar-refractivity contribution in [2.24, 2.45) is 5.41 Å². The largest absolute Gasteiger partial charge is 0.358 e. The van der Waals surface area contributed by atoms with E-state index in [1.807, 2.05) is 0 Å². The van der Waals surface area contributed by atoms with Gasteiger partial charge >= 0.3 is 0 Å². The molecule has 0 amide bonds. The highest BCUT2D eigenvalue weighted by Crippen LogP contribution is 2.59. The smallest absolute Gasteiger partial charge is 0.112 e. The Bertz CT molecular complexity index is 677. The van der Waals surface area contributed by atoms with Gasteiger partial charge in [0.2, 0.25) is 0 Å². The molecule has 0 saturated carbocycles. The van der Waals surface area contributed by atoms with Crippen molar-refractivity contribution in [1.29, 1.82) is 0 Å². The van der Waals surface area contributed by atoms with Gasteiger partial charge in [-0.05, 0) is 42.9 Å². The van der Waals surface area contributed by atoms with E-state index in [0.717, 1.165) is 12.8 Å². The van der Waals surface area contributed by atoms with E-state index in [4.69, 9.17) is 0 Å². The van der Waals surface area contributed by atoms with E-state index in [2.05, 4.69) is 87.8 Å². The van der Waals surface area contributed by atoms with Crippen molar-refractivity contribution in [2.45, 2.75) is 71.4 Å². The Labute approximate surface area is 154 Å². The topological polar surface area (TPSA) is 6.48 Å². The maximum absolute atomic E-state index is 4.32. The number of anilines is 1. The summed E-state index contributed by atoms with van der Waals surface area (Å²) in [6.45, 7) is 13.7. The highest BCUT2D eigenvalue weighted by molar-refractivity contribution is 5.67. The van der Waals surface area contributed by atoms with Crippen LogP contribution >= 0.6 is 0 Å². The lowest BCUT2D eigenvalue weighted by molar-refractivity contribution is 0.0566. The fourth-order valence-corrected chi connectivity index (χ4v) is 5.33. The molecule has 25 heavy (non-hydrogen) atoms. The first-order valence-electron chi connectivity index (χ1n) is 9.94. The first-order chi connectivity index (χ1) is 12.0. The molecule has 0 saturated heterocycles. The molecule has 0 fully saturated rings. The summed E-state index contributed by atoms with van der Waals surface area (Å²) in [4.78, 5) is 4.89. The van der Waals surface area contributed by atoms with Crippen molar-refractivity contribution < 1.29 is 0 Å². The van der Waals surface area contributed by atoms with Gasteiger partial charge in [0.05, 0.1) is 0 Å². The zero-order chi connectivity index (χ0) is 18.2. The van der Waals surface area contributed by atoms with Crippen molar-refractivity contribution in [3.63, 3.8) is 0 Å². The average molecular weight is 339 g/mol. The van der Waals surface area contributed by atoms with Gasteiger partial charge in [-0.1, -0.05) is 52.3 Å². The van der Waals surface area contributed by atoms with Crippen LogP contribution in [0, 0.1) is 5.41 Å². The van der Waals surface area contributed by atoms with E-state index in [0.29, 0.717) is 6.17 Å². The third-order valence-electron chi connectivity index (χ3n) is 6.98. The van der Waals surface area contributed by atoms with E-state index in [1.54, 1.807) is 0 Å². The van der Waals surface area contributed by atoms with Crippen molar-refractivity contribution in [2.75, 3.05) is 11.9 Å². The summed E-state index contributed by atoms with van der Waals surface area (Å²) in [6, 6.07) is 7.18. The fraction of sp³-hybridized carbons (Fsp3) is 0.565. The van der Waals surface area contributed by atoms with Crippen LogP contribution in [0.2, 0.25) is 0 Å². The second kappa shape index (κ2) is 6.55. The molecule has 1 aromatic rings. The predicted molar refractivity (Wildman–Crippen MR) is 109 cm³/mol. The molecule has 0 spiro atoms. The Morgan fingerprint density at radius 1 is 1.16 bits per heavy atom. The van der Waals surface area contributed by atoms with Crippen molar-refractivity contribution in [3.05, 3.63) is 54.4 Å². The molecule has 136 valence electrons. The number of hydrogen-bond acceptors (Lipinski definition) is 2. The van der Waals surface area contributed by atoms with Crippen molar-refractivity contribution in [1.82, 2.24) is 4.90 Å². The summed E-state index contributed by atoms with van der Waals surface area (Å²) >= 11 is 0. The van der Waals surface area contributed by atoms with Crippen LogP contribution in [0.5, 0.6) is 0 Å². The van der Waals surface area contributed by atoms with Gasteiger partial charge in [-0.2, -0.15) is 0 Å². The van der Waals surface area contributed by atoms with E-state index >= 15 is 0 Å². The molecular formula is C23H34N2. The number of fused-ring (bicyclic) bond motifs is 3. The molecule has 3 rings (SSSR count). The lowest BCUT2D eigenvalue weighted by atomic mass is 9.54. The number of unbranched alkanes of at least 4 members (excludes halogenated alkanes) is 1. The highest BCUT2D eigenvalue weighted by atomic mass is 15.4. The number of benzene rings is 1. The zero-order valence-corrected chi connectivity index (χ0v) is 16.7. The van der Waals surface area contributed by atoms with E-state index in [9.17, 15) is 0 Å². The van der Waals surface area contributed by atoms with Crippen LogP contribution in [0.1, 0.15) is 64.5 Å². The van der Waals surface area contributed by atoms with Crippen molar-refractivity contribution >= 4 is 5.69 Å². The summed E-state index contributed by atoms with van der Waals surface area (Å²) in [5.41, 5.74) is 4.40. The lowest BCUT2D eigenvalue weighted by Crippen LogP contribution is -2.61. The van der Waals surface area contributed by atoms with Crippen LogP contribution in [0.25, 0.3) is 0 Å². The molecule has 3 unspecified atom stereocenters. The summed E-state index contributed by atoms with van der Waals surface area (Å²) in [6.07, 6.45) is 13.0. The van der Waals surface area contributed by atoms with Gasteiger partial charge in [0.15, 0.2) is 0 Å². The Kier molecular flexibility index (Phi) is 4.74. The molecule has 2 nitrogen and oxygen atoms in total. The fourth-order valence-electron chi connectivity index (χ4n) is 5.33. The quantitative estimate of drug-likeness (QED) is 0.601. The van der Waals surface area contributed by atoms with Crippen LogP contribution in [0.15, 0.2) is 43.3 Å².